The van der Waals surface area contributed by atoms with Gasteiger partial charge in [0.25, 0.3) is 0 Å². The number of ether oxygens (including phenoxy) is 1. The molecule has 0 saturated heterocycles. The summed E-state index contributed by atoms with van der Waals surface area (Å²) in [7, 11) is 0. The van der Waals surface area contributed by atoms with Crippen molar-refractivity contribution in [3.05, 3.63) is 29.3 Å². The summed E-state index contributed by atoms with van der Waals surface area (Å²) in [4.78, 5) is 0. The van der Waals surface area contributed by atoms with Gasteiger partial charge >= 0.3 is 0 Å². The Bertz CT molecular complexity index is 303. The van der Waals surface area contributed by atoms with Crippen LogP contribution in [0.25, 0.3) is 0 Å². The summed E-state index contributed by atoms with van der Waals surface area (Å²) in [6, 6.07) is 6.99. The highest BCUT2D eigenvalue weighted by atomic mass is 35.5. The summed E-state index contributed by atoms with van der Waals surface area (Å²) >= 11 is 3.96. The van der Waals surface area contributed by atoms with Gasteiger partial charge in [0.2, 0.25) is 0 Å². The van der Waals surface area contributed by atoms with Crippen molar-refractivity contribution in [2.45, 2.75) is 0 Å². The highest BCUT2D eigenvalue weighted by Crippen LogP contribution is 2.22. The van der Waals surface area contributed by atoms with Gasteiger partial charge < -0.3 is 9.29 Å². The van der Waals surface area contributed by atoms with Crippen LogP contribution in [0, 0.1) is 0 Å². The molecule has 72 valence electrons. The van der Waals surface area contributed by atoms with E-state index >= 15 is 0 Å². The molecule has 13 heavy (non-hydrogen) atoms. The van der Waals surface area contributed by atoms with E-state index in [-0.39, 0.29) is 12.4 Å². The van der Waals surface area contributed by atoms with Crippen LogP contribution in [-0.4, -0.2) is 21.1 Å². The molecule has 1 aromatic rings. The van der Waals surface area contributed by atoms with Crippen LogP contribution in [0.1, 0.15) is 0 Å². The molecule has 3 nitrogen and oxygen atoms in total. The van der Waals surface area contributed by atoms with Crippen molar-refractivity contribution >= 4 is 22.7 Å². The Balaban J connectivity index is 2.45. The van der Waals surface area contributed by atoms with Crippen LogP contribution in [0.15, 0.2) is 24.3 Å². The lowest BCUT2D eigenvalue weighted by Crippen LogP contribution is -2.07. The summed E-state index contributed by atoms with van der Waals surface area (Å²) in [5.41, 5.74) is 0. The van der Waals surface area contributed by atoms with Crippen LogP contribution >= 0.6 is 11.6 Å². The zero-order chi connectivity index (χ0) is 9.68. The van der Waals surface area contributed by atoms with Crippen molar-refractivity contribution in [3.8, 4) is 5.75 Å². The molecule has 0 aromatic heterocycles. The minimum atomic E-state index is -1.81. The van der Waals surface area contributed by atoms with E-state index in [0.29, 0.717) is 10.8 Å². The second-order valence-electron chi connectivity index (χ2n) is 2.30. The molecule has 0 radical (unpaired) electrons. The molecule has 0 amide bonds. The van der Waals surface area contributed by atoms with Crippen molar-refractivity contribution in [2.24, 2.45) is 0 Å². The molecule has 0 heterocycles. The first-order valence-electron chi connectivity index (χ1n) is 3.65. The van der Waals surface area contributed by atoms with E-state index in [0.717, 1.165) is 0 Å². The third-order valence-corrected chi connectivity index (χ3v) is 2.18. The Kier molecular flexibility index (Phi) is 4.21. The molecule has 0 aliphatic rings. The molecule has 0 spiro atoms. The fourth-order valence-electron chi connectivity index (χ4n) is 0.785. The van der Waals surface area contributed by atoms with E-state index in [9.17, 15) is 4.21 Å². The lowest BCUT2D eigenvalue weighted by Gasteiger charge is -2.05. The highest BCUT2D eigenvalue weighted by Gasteiger charge is 2.00. The average Bonchev–Trinajstić information content (AvgIpc) is 2.08. The van der Waals surface area contributed by atoms with E-state index in [4.69, 9.17) is 20.9 Å². The third kappa shape index (κ3) is 3.76. The Morgan fingerprint density at radius 2 is 2.15 bits per heavy atom. The van der Waals surface area contributed by atoms with Crippen LogP contribution in [0.4, 0.5) is 0 Å². The SMILES string of the molecule is O=S(O)CCOc1ccccc1Cl. The average molecular weight is 221 g/mol. The molecule has 0 fully saturated rings. The number of rotatable bonds is 4. The number of halogens is 1. The standard InChI is InChI=1S/C8H9ClO3S/c9-7-3-1-2-4-8(7)12-5-6-13(10)11/h1-4H,5-6H2,(H,10,11). The molecule has 1 aromatic carbocycles. The Labute approximate surface area is 84.0 Å². The van der Waals surface area contributed by atoms with Crippen LogP contribution in [0.5, 0.6) is 5.75 Å². The van der Waals surface area contributed by atoms with Gasteiger partial charge in [-0.3, -0.25) is 0 Å². The first-order valence-corrected chi connectivity index (χ1v) is 5.30. The van der Waals surface area contributed by atoms with Crippen molar-refractivity contribution < 1.29 is 13.5 Å². The van der Waals surface area contributed by atoms with Crippen molar-refractivity contribution in [2.75, 3.05) is 12.4 Å². The van der Waals surface area contributed by atoms with E-state index in [1.54, 1.807) is 24.3 Å². The molecule has 1 N–H and O–H groups in total. The molecular formula is C8H9ClO3S. The van der Waals surface area contributed by atoms with E-state index in [1.807, 2.05) is 0 Å². The van der Waals surface area contributed by atoms with Crippen LogP contribution in [0.2, 0.25) is 5.02 Å². The molecule has 0 aliphatic carbocycles. The molecule has 0 aliphatic heterocycles. The fourth-order valence-corrected chi connectivity index (χ4v) is 1.20. The Morgan fingerprint density at radius 3 is 2.77 bits per heavy atom. The zero-order valence-corrected chi connectivity index (χ0v) is 8.35. The second-order valence-corrected chi connectivity index (χ2v) is 3.76. The maximum Gasteiger partial charge on any atom is 0.156 e. The summed E-state index contributed by atoms with van der Waals surface area (Å²) in [5, 5.41) is 0.506. The van der Waals surface area contributed by atoms with Crippen LogP contribution in [-0.2, 0) is 11.1 Å². The van der Waals surface area contributed by atoms with Crippen molar-refractivity contribution in [3.63, 3.8) is 0 Å². The summed E-state index contributed by atoms with van der Waals surface area (Å²) in [6.07, 6.45) is 0. The Hall–Kier alpha value is -0.580. The second kappa shape index (κ2) is 5.21. The first kappa shape index (κ1) is 10.5. The fraction of sp³-hybridized carbons (Fsp3) is 0.250. The molecule has 5 heteroatoms. The highest BCUT2D eigenvalue weighted by molar-refractivity contribution is 7.79. The predicted molar refractivity (Wildman–Crippen MR) is 52.6 cm³/mol. The zero-order valence-electron chi connectivity index (χ0n) is 6.77. The quantitative estimate of drug-likeness (QED) is 0.789. The van der Waals surface area contributed by atoms with E-state index in [1.165, 1.54) is 0 Å². The van der Waals surface area contributed by atoms with Gasteiger partial charge in [0, 0.05) is 0 Å². The Morgan fingerprint density at radius 1 is 1.46 bits per heavy atom. The maximum absolute atomic E-state index is 10.3. The molecule has 1 unspecified atom stereocenters. The smallest absolute Gasteiger partial charge is 0.156 e. The van der Waals surface area contributed by atoms with Crippen molar-refractivity contribution in [1.29, 1.82) is 0 Å². The number of hydrogen-bond donors (Lipinski definition) is 1. The van der Waals surface area contributed by atoms with Gasteiger partial charge in [-0.15, -0.1) is 0 Å². The predicted octanol–water partition coefficient (Wildman–Crippen LogP) is 1.94. The molecule has 0 bridgehead atoms. The van der Waals surface area contributed by atoms with Gasteiger partial charge in [-0.1, -0.05) is 23.7 Å². The van der Waals surface area contributed by atoms with E-state index < -0.39 is 11.1 Å². The molecule has 1 atom stereocenters. The maximum atomic E-state index is 10.3. The largest absolute Gasteiger partial charge is 0.491 e. The third-order valence-electron chi connectivity index (χ3n) is 1.35. The monoisotopic (exact) mass is 220 g/mol. The van der Waals surface area contributed by atoms with Gasteiger partial charge in [-0.25, -0.2) is 4.21 Å². The van der Waals surface area contributed by atoms with Crippen LogP contribution < -0.4 is 4.74 Å². The lowest BCUT2D eigenvalue weighted by molar-refractivity contribution is 0.340. The molecule has 1 rings (SSSR count). The molecular weight excluding hydrogens is 212 g/mol. The number of para-hydroxylation sites is 1. The van der Waals surface area contributed by atoms with Gasteiger partial charge in [0.15, 0.2) is 11.1 Å². The van der Waals surface area contributed by atoms with Crippen LogP contribution in [0.3, 0.4) is 0 Å². The van der Waals surface area contributed by atoms with Gasteiger partial charge in [0.05, 0.1) is 10.8 Å². The normalized spacial score (nSPS) is 12.5. The number of hydrogen-bond acceptors (Lipinski definition) is 2. The first-order chi connectivity index (χ1) is 6.20. The molecule has 0 saturated carbocycles. The minimum absolute atomic E-state index is 0.0885. The summed E-state index contributed by atoms with van der Waals surface area (Å²) in [6.45, 7) is 0.187. The van der Waals surface area contributed by atoms with Gasteiger partial charge in [0.1, 0.15) is 12.4 Å². The van der Waals surface area contributed by atoms with Gasteiger partial charge in [-0.05, 0) is 12.1 Å². The summed E-state index contributed by atoms with van der Waals surface area (Å²) in [5.74, 6) is 0.625. The summed E-state index contributed by atoms with van der Waals surface area (Å²) < 4.78 is 23.9. The topological polar surface area (TPSA) is 46.5 Å². The van der Waals surface area contributed by atoms with Crippen molar-refractivity contribution in [1.82, 2.24) is 0 Å². The van der Waals surface area contributed by atoms with E-state index in [2.05, 4.69) is 0 Å². The number of benzene rings is 1. The minimum Gasteiger partial charge on any atom is -0.491 e. The lowest BCUT2D eigenvalue weighted by atomic mass is 10.3. The van der Waals surface area contributed by atoms with Gasteiger partial charge in [-0.2, -0.15) is 0 Å².